The van der Waals surface area contributed by atoms with Gasteiger partial charge >= 0.3 is 5.97 Å². The van der Waals surface area contributed by atoms with E-state index < -0.39 is 0 Å². The maximum absolute atomic E-state index is 11.1. The predicted octanol–water partition coefficient (Wildman–Crippen LogP) is 3.65. The van der Waals surface area contributed by atoms with Gasteiger partial charge in [-0.3, -0.25) is 4.79 Å². The molecule has 94 valence electrons. The molecule has 0 spiro atoms. The predicted molar refractivity (Wildman–Crippen MR) is 66.1 cm³/mol. The molecule has 0 saturated heterocycles. The summed E-state index contributed by atoms with van der Waals surface area (Å²) in [7, 11) is 0. The second-order valence-electron chi connectivity index (χ2n) is 5.87. The van der Waals surface area contributed by atoms with Crippen LogP contribution in [0.5, 0.6) is 0 Å². The average molecular weight is 226 g/mol. The topological polar surface area (TPSA) is 26.3 Å². The zero-order valence-corrected chi connectivity index (χ0v) is 11.3. The van der Waals surface area contributed by atoms with Crippen molar-refractivity contribution < 1.29 is 9.53 Å². The third-order valence-corrected chi connectivity index (χ3v) is 3.99. The molecule has 0 amide bonds. The third-order valence-electron chi connectivity index (χ3n) is 3.99. The van der Waals surface area contributed by atoms with Gasteiger partial charge in [-0.05, 0) is 42.9 Å². The minimum absolute atomic E-state index is 0.126. The highest BCUT2D eigenvalue weighted by Gasteiger charge is 2.35. The standard InChI is InChI=1S/C14H26O2/c1-9(2)12-6-7-14(16-11(5)15)13(8-12)10(3)4/h9-10,12-14H,6-8H2,1-5H3. The third kappa shape index (κ3) is 3.50. The van der Waals surface area contributed by atoms with E-state index in [0.29, 0.717) is 11.8 Å². The molecule has 0 aliphatic heterocycles. The fourth-order valence-corrected chi connectivity index (χ4v) is 2.88. The van der Waals surface area contributed by atoms with Crippen LogP contribution < -0.4 is 0 Å². The van der Waals surface area contributed by atoms with Crippen molar-refractivity contribution in [3.05, 3.63) is 0 Å². The Morgan fingerprint density at radius 3 is 2.19 bits per heavy atom. The average Bonchev–Trinajstić information content (AvgIpc) is 2.16. The Morgan fingerprint density at radius 2 is 1.75 bits per heavy atom. The molecule has 0 heterocycles. The van der Waals surface area contributed by atoms with Crippen LogP contribution in [0.15, 0.2) is 0 Å². The van der Waals surface area contributed by atoms with E-state index in [2.05, 4.69) is 27.7 Å². The molecular formula is C14H26O2. The Morgan fingerprint density at radius 1 is 1.12 bits per heavy atom. The van der Waals surface area contributed by atoms with Crippen LogP contribution in [0.3, 0.4) is 0 Å². The number of ether oxygens (including phenoxy) is 1. The zero-order valence-electron chi connectivity index (χ0n) is 11.3. The van der Waals surface area contributed by atoms with Gasteiger partial charge in [0.1, 0.15) is 6.10 Å². The molecular weight excluding hydrogens is 200 g/mol. The van der Waals surface area contributed by atoms with E-state index in [1.54, 1.807) is 0 Å². The molecule has 2 nitrogen and oxygen atoms in total. The molecule has 0 radical (unpaired) electrons. The molecule has 0 aromatic heterocycles. The zero-order chi connectivity index (χ0) is 12.3. The van der Waals surface area contributed by atoms with Gasteiger partial charge in [-0.25, -0.2) is 0 Å². The summed E-state index contributed by atoms with van der Waals surface area (Å²) >= 11 is 0. The van der Waals surface area contributed by atoms with Crippen molar-refractivity contribution in [2.24, 2.45) is 23.7 Å². The van der Waals surface area contributed by atoms with E-state index in [1.807, 2.05) is 0 Å². The first-order chi connectivity index (χ1) is 7.41. The van der Waals surface area contributed by atoms with Crippen LogP contribution in [0.4, 0.5) is 0 Å². The molecule has 1 rings (SSSR count). The molecule has 0 N–H and O–H groups in total. The first-order valence-corrected chi connectivity index (χ1v) is 6.59. The summed E-state index contributed by atoms with van der Waals surface area (Å²) in [6, 6.07) is 0. The number of carbonyl (C=O) groups excluding carboxylic acids is 1. The lowest BCUT2D eigenvalue weighted by Crippen LogP contribution is -2.37. The first-order valence-electron chi connectivity index (χ1n) is 6.59. The molecule has 3 unspecified atom stereocenters. The maximum Gasteiger partial charge on any atom is 0.302 e. The molecule has 0 aromatic rings. The largest absolute Gasteiger partial charge is 0.462 e. The molecule has 0 bridgehead atoms. The number of esters is 1. The molecule has 0 aromatic carbocycles. The molecule has 1 aliphatic rings. The van der Waals surface area contributed by atoms with Crippen molar-refractivity contribution in [2.45, 2.75) is 60.0 Å². The van der Waals surface area contributed by atoms with Crippen LogP contribution in [-0.2, 0) is 9.53 Å². The lowest BCUT2D eigenvalue weighted by Gasteiger charge is -2.39. The van der Waals surface area contributed by atoms with Crippen LogP contribution >= 0.6 is 0 Å². The van der Waals surface area contributed by atoms with Gasteiger partial charge in [0, 0.05) is 6.92 Å². The quantitative estimate of drug-likeness (QED) is 0.687. The van der Waals surface area contributed by atoms with Crippen molar-refractivity contribution in [1.29, 1.82) is 0 Å². The van der Waals surface area contributed by atoms with Gasteiger partial charge in [0.05, 0.1) is 0 Å². The van der Waals surface area contributed by atoms with Gasteiger partial charge in [0.15, 0.2) is 0 Å². The Balaban J connectivity index is 2.63. The lowest BCUT2D eigenvalue weighted by atomic mass is 9.71. The first kappa shape index (κ1) is 13.5. The number of hydrogen-bond acceptors (Lipinski definition) is 2. The number of hydrogen-bond donors (Lipinski definition) is 0. The van der Waals surface area contributed by atoms with Crippen molar-refractivity contribution >= 4 is 5.97 Å². The molecule has 16 heavy (non-hydrogen) atoms. The van der Waals surface area contributed by atoms with Crippen molar-refractivity contribution in [2.75, 3.05) is 0 Å². The van der Waals surface area contributed by atoms with Crippen molar-refractivity contribution in [3.8, 4) is 0 Å². The van der Waals surface area contributed by atoms with Gasteiger partial charge in [-0.2, -0.15) is 0 Å². The van der Waals surface area contributed by atoms with Gasteiger partial charge in [0.2, 0.25) is 0 Å². The van der Waals surface area contributed by atoms with E-state index >= 15 is 0 Å². The minimum atomic E-state index is -0.126. The SMILES string of the molecule is CC(=O)OC1CCC(C(C)C)CC1C(C)C. The Labute approximate surface area is 99.8 Å². The van der Waals surface area contributed by atoms with Crippen LogP contribution in [0.25, 0.3) is 0 Å². The highest BCUT2D eigenvalue weighted by atomic mass is 16.5. The van der Waals surface area contributed by atoms with Gasteiger partial charge in [-0.1, -0.05) is 27.7 Å². The van der Waals surface area contributed by atoms with Crippen LogP contribution in [0.2, 0.25) is 0 Å². The summed E-state index contributed by atoms with van der Waals surface area (Å²) in [5.41, 5.74) is 0. The smallest absolute Gasteiger partial charge is 0.302 e. The Kier molecular flexibility index (Phi) is 4.82. The fourth-order valence-electron chi connectivity index (χ4n) is 2.88. The number of carbonyl (C=O) groups is 1. The van der Waals surface area contributed by atoms with E-state index in [1.165, 1.54) is 19.8 Å². The summed E-state index contributed by atoms with van der Waals surface area (Å²) in [5, 5.41) is 0. The Bertz CT molecular complexity index is 233. The summed E-state index contributed by atoms with van der Waals surface area (Å²) in [4.78, 5) is 11.1. The molecule has 1 saturated carbocycles. The van der Waals surface area contributed by atoms with Crippen molar-refractivity contribution in [3.63, 3.8) is 0 Å². The lowest BCUT2D eigenvalue weighted by molar-refractivity contribution is -0.153. The highest BCUT2D eigenvalue weighted by Crippen LogP contribution is 2.38. The van der Waals surface area contributed by atoms with E-state index in [4.69, 9.17) is 4.74 Å². The second kappa shape index (κ2) is 5.70. The van der Waals surface area contributed by atoms with Gasteiger partial charge in [0.25, 0.3) is 0 Å². The van der Waals surface area contributed by atoms with Gasteiger partial charge < -0.3 is 4.74 Å². The fraction of sp³-hybridized carbons (Fsp3) is 0.929. The molecule has 1 fully saturated rings. The summed E-state index contributed by atoms with van der Waals surface area (Å²) in [6.07, 6.45) is 3.63. The van der Waals surface area contributed by atoms with Crippen LogP contribution in [0.1, 0.15) is 53.9 Å². The van der Waals surface area contributed by atoms with Gasteiger partial charge in [-0.15, -0.1) is 0 Å². The second-order valence-corrected chi connectivity index (χ2v) is 5.87. The molecule has 3 atom stereocenters. The monoisotopic (exact) mass is 226 g/mol. The highest BCUT2D eigenvalue weighted by molar-refractivity contribution is 5.66. The molecule has 2 heteroatoms. The van der Waals surface area contributed by atoms with E-state index in [9.17, 15) is 4.79 Å². The minimum Gasteiger partial charge on any atom is -0.462 e. The van der Waals surface area contributed by atoms with Crippen LogP contribution in [-0.4, -0.2) is 12.1 Å². The summed E-state index contributed by atoms with van der Waals surface area (Å²) in [5.74, 6) is 2.58. The van der Waals surface area contributed by atoms with Crippen molar-refractivity contribution in [1.82, 2.24) is 0 Å². The molecule has 1 aliphatic carbocycles. The van der Waals surface area contributed by atoms with E-state index in [0.717, 1.165) is 18.3 Å². The number of rotatable bonds is 3. The van der Waals surface area contributed by atoms with E-state index in [-0.39, 0.29) is 12.1 Å². The summed E-state index contributed by atoms with van der Waals surface area (Å²) in [6.45, 7) is 10.6. The summed E-state index contributed by atoms with van der Waals surface area (Å²) < 4.78 is 5.45. The Hall–Kier alpha value is -0.530. The normalized spacial score (nSPS) is 30.8. The van der Waals surface area contributed by atoms with Crippen LogP contribution in [0, 0.1) is 23.7 Å². The maximum atomic E-state index is 11.1.